The molecule has 0 amide bonds. The van der Waals surface area contributed by atoms with E-state index in [1.165, 1.54) is 0 Å². The van der Waals surface area contributed by atoms with Crippen LogP contribution in [-0.2, 0) is 9.47 Å². The van der Waals surface area contributed by atoms with Crippen LogP contribution in [0.5, 0.6) is 11.5 Å². The van der Waals surface area contributed by atoms with Gasteiger partial charge in [-0.3, -0.25) is 0 Å². The summed E-state index contributed by atoms with van der Waals surface area (Å²) in [6.45, 7) is 4.10. The summed E-state index contributed by atoms with van der Waals surface area (Å²) in [6.07, 6.45) is 1.72. The summed E-state index contributed by atoms with van der Waals surface area (Å²) in [4.78, 5) is 0. The molecule has 0 N–H and O–H groups in total. The van der Waals surface area contributed by atoms with Crippen LogP contribution in [0.15, 0.2) is 24.8 Å². The molecule has 4 heteroatoms. The molecule has 88 valence electrons. The highest BCUT2D eigenvalue weighted by molar-refractivity contribution is 5.53. The monoisotopic (exact) mass is 224 g/mol. The Morgan fingerprint density at radius 3 is 1.88 bits per heavy atom. The maximum Gasteiger partial charge on any atom is 0.188 e. The highest BCUT2D eigenvalue weighted by atomic mass is 16.7. The Hall–Kier alpha value is -1.52. The summed E-state index contributed by atoms with van der Waals surface area (Å²) in [5, 5.41) is 0. The van der Waals surface area contributed by atoms with Crippen molar-refractivity contribution in [3.63, 3.8) is 0 Å². The van der Waals surface area contributed by atoms with E-state index in [0.29, 0.717) is 11.5 Å². The van der Waals surface area contributed by atoms with Crippen LogP contribution in [0, 0.1) is 0 Å². The molecule has 0 bridgehead atoms. The smallest absolute Gasteiger partial charge is 0.188 e. The third kappa shape index (κ3) is 3.92. The third-order valence-electron chi connectivity index (χ3n) is 1.82. The van der Waals surface area contributed by atoms with Crippen LogP contribution in [0.25, 0.3) is 6.08 Å². The van der Waals surface area contributed by atoms with Crippen molar-refractivity contribution in [3.8, 4) is 11.5 Å². The zero-order chi connectivity index (χ0) is 11.8. The molecule has 0 aliphatic rings. The van der Waals surface area contributed by atoms with Crippen molar-refractivity contribution in [2.45, 2.75) is 0 Å². The van der Waals surface area contributed by atoms with E-state index in [1.54, 1.807) is 26.4 Å². The Labute approximate surface area is 95.4 Å². The van der Waals surface area contributed by atoms with Crippen LogP contribution in [0.3, 0.4) is 0 Å². The molecule has 0 aromatic heterocycles. The number of benzene rings is 1. The molecular formula is C12H16O4. The molecule has 0 radical (unpaired) electrons. The third-order valence-corrected chi connectivity index (χ3v) is 1.82. The zero-order valence-corrected chi connectivity index (χ0v) is 9.56. The van der Waals surface area contributed by atoms with Gasteiger partial charge >= 0.3 is 0 Å². The fraction of sp³-hybridized carbons (Fsp3) is 0.333. The minimum atomic E-state index is 0.199. The molecule has 0 aliphatic heterocycles. The van der Waals surface area contributed by atoms with Gasteiger partial charge in [0.15, 0.2) is 13.6 Å². The van der Waals surface area contributed by atoms with E-state index in [-0.39, 0.29) is 13.6 Å². The van der Waals surface area contributed by atoms with Crippen LogP contribution in [0.1, 0.15) is 5.56 Å². The Morgan fingerprint density at radius 2 is 1.50 bits per heavy atom. The van der Waals surface area contributed by atoms with E-state index in [4.69, 9.17) is 18.9 Å². The first kappa shape index (κ1) is 12.5. The molecule has 0 atom stereocenters. The van der Waals surface area contributed by atoms with Gasteiger partial charge in [0, 0.05) is 20.3 Å². The Balaban J connectivity index is 2.78. The van der Waals surface area contributed by atoms with Gasteiger partial charge in [-0.15, -0.1) is 0 Å². The number of hydrogen-bond donors (Lipinski definition) is 0. The van der Waals surface area contributed by atoms with Gasteiger partial charge < -0.3 is 18.9 Å². The first-order valence-corrected chi connectivity index (χ1v) is 4.81. The maximum atomic E-state index is 5.33. The van der Waals surface area contributed by atoms with Crippen LogP contribution >= 0.6 is 0 Å². The lowest BCUT2D eigenvalue weighted by atomic mass is 10.2. The largest absolute Gasteiger partial charge is 0.467 e. The molecule has 0 saturated carbocycles. The molecule has 0 heterocycles. The van der Waals surface area contributed by atoms with Crippen molar-refractivity contribution >= 4 is 6.08 Å². The van der Waals surface area contributed by atoms with Gasteiger partial charge in [0.1, 0.15) is 11.5 Å². The highest BCUT2D eigenvalue weighted by Crippen LogP contribution is 2.23. The molecule has 0 unspecified atom stereocenters. The van der Waals surface area contributed by atoms with Crippen LogP contribution in [0.4, 0.5) is 0 Å². The Bertz CT molecular complexity index is 310. The Morgan fingerprint density at radius 1 is 1.00 bits per heavy atom. The average molecular weight is 224 g/mol. The van der Waals surface area contributed by atoms with Crippen LogP contribution in [-0.4, -0.2) is 27.8 Å². The Kier molecular flexibility index (Phi) is 5.39. The van der Waals surface area contributed by atoms with Gasteiger partial charge in [-0.2, -0.15) is 0 Å². The fourth-order valence-corrected chi connectivity index (χ4v) is 1.13. The minimum Gasteiger partial charge on any atom is -0.467 e. The summed E-state index contributed by atoms with van der Waals surface area (Å²) in [5.74, 6) is 1.34. The first-order chi connectivity index (χ1) is 7.80. The first-order valence-electron chi connectivity index (χ1n) is 4.81. The van der Waals surface area contributed by atoms with Crippen LogP contribution in [0.2, 0.25) is 0 Å². The van der Waals surface area contributed by atoms with Gasteiger partial charge in [0.2, 0.25) is 0 Å². The summed E-state index contributed by atoms with van der Waals surface area (Å²) in [6, 6.07) is 5.47. The average Bonchev–Trinajstić information content (AvgIpc) is 2.33. The van der Waals surface area contributed by atoms with Crippen molar-refractivity contribution < 1.29 is 18.9 Å². The second kappa shape index (κ2) is 6.87. The molecule has 0 saturated heterocycles. The van der Waals surface area contributed by atoms with Gasteiger partial charge in [-0.1, -0.05) is 12.7 Å². The van der Waals surface area contributed by atoms with Crippen molar-refractivity contribution in [2.24, 2.45) is 0 Å². The van der Waals surface area contributed by atoms with Crippen molar-refractivity contribution in [2.75, 3.05) is 27.8 Å². The normalized spacial score (nSPS) is 9.88. The topological polar surface area (TPSA) is 36.9 Å². The number of hydrogen-bond acceptors (Lipinski definition) is 4. The van der Waals surface area contributed by atoms with Gasteiger partial charge in [-0.25, -0.2) is 0 Å². The predicted octanol–water partition coefficient (Wildman–Crippen LogP) is 2.29. The van der Waals surface area contributed by atoms with E-state index in [9.17, 15) is 0 Å². The summed E-state index contributed by atoms with van der Waals surface area (Å²) in [7, 11) is 3.14. The van der Waals surface area contributed by atoms with E-state index in [1.807, 2.05) is 12.1 Å². The van der Waals surface area contributed by atoms with Gasteiger partial charge in [0.05, 0.1) is 0 Å². The van der Waals surface area contributed by atoms with Gasteiger partial charge in [0.25, 0.3) is 0 Å². The molecule has 1 aromatic carbocycles. The van der Waals surface area contributed by atoms with E-state index in [2.05, 4.69) is 6.58 Å². The maximum absolute atomic E-state index is 5.33. The molecular weight excluding hydrogens is 208 g/mol. The van der Waals surface area contributed by atoms with E-state index < -0.39 is 0 Å². The lowest BCUT2D eigenvalue weighted by Gasteiger charge is -2.09. The standard InChI is InChI=1S/C12H16O4/c1-4-10-5-11(15-8-13-2)7-12(6-10)16-9-14-3/h4-7H,1,8-9H2,2-3H3. The molecule has 1 aromatic rings. The summed E-state index contributed by atoms with van der Waals surface area (Å²) >= 11 is 0. The molecule has 16 heavy (non-hydrogen) atoms. The summed E-state index contributed by atoms with van der Waals surface area (Å²) < 4.78 is 20.3. The SMILES string of the molecule is C=Cc1cc(OCOC)cc(OCOC)c1. The van der Waals surface area contributed by atoms with Crippen LogP contribution < -0.4 is 9.47 Å². The lowest BCUT2D eigenvalue weighted by molar-refractivity contribution is 0.0460. The molecule has 4 nitrogen and oxygen atoms in total. The van der Waals surface area contributed by atoms with E-state index in [0.717, 1.165) is 5.56 Å². The molecule has 0 aliphatic carbocycles. The van der Waals surface area contributed by atoms with Gasteiger partial charge in [-0.05, 0) is 17.7 Å². The second-order valence-corrected chi connectivity index (χ2v) is 3.04. The van der Waals surface area contributed by atoms with E-state index >= 15 is 0 Å². The van der Waals surface area contributed by atoms with Crippen molar-refractivity contribution in [1.82, 2.24) is 0 Å². The minimum absolute atomic E-state index is 0.199. The number of rotatable bonds is 7. The molecule has 0 fully saturated rings. The summed E-state index contributed by atoms with van der Waals surface area (Å²) in [5.41, 5.74) is 0.916. The predicted molar refractivity (Wildman–Crippen MR) is 61.5 cm³/mol. The molecule has 0 spiro atoms. The number of ether oxygens (including phenoxy) is 4. The highest BCUT2D eigenvalue weighted by Gasteiger charge is 2.01. The van der Waals surface area contributed by atoms with Crippen molar-refractivity contribution in [3.05, 3.63) is 30.3 Å². The quantitative estimate of drug-likeness (QED) is 0.666. The fourth-order valence-electron chi connectivity index (χ4n) is 1.13. The van der Waals surface area contributed by atoms with Crippen molar-refractivity contribution in [1.29, 1.82) is 0 Å². The second-order valence-electron chi connectivity index (χ2n) is 3.04. The molecule has 1 rings (SSSR count). The zero-order valence-electron chi connectivity index (χ0n) is 9.56. The number of methoxy groups -OCH3 is 2. The lowest BCUT2D eigenvalue weighted by Crippen LogP contribution is -2.02.